The minimum atomic E-state index is 0.609. The molecule has 0 fully saturated rings. The van der Waals surface area contributed by atoms with E-state index in [2.05, 4.69) is 126 Å². The highest BCUT2D eigenvalue weighted by atomic mass is 16.3. The summed E-state index contributed by atoms with van der Waals surface area (Å²) < 4.78 is 8.93. The third-order valence-electron chi connectivity index (χ3n) is 10.7. The van der Waals surface area contributed by atoms with Gasteiger partial charge in [0.2, 0.25) is 0 Å². The van der Waals surface area contributed by atoms with E-state index in [9.17, 15) is 0 Å². The maximum Gasteiger partial charge on any atom is 0.164 e. The Morgan fingerprint density at radius 2 is 0.821 bits per heavy atom. The van der Waals surface area contributed by atoms with Crippen LogP contribution in [0.1, 0.15) is 0 Å². The minimum Gasteiger partial charge on any atom is -0.456 e. The van der Waals surface area contributed by atoms with Gasteiger partial charge in [0.05, 0.1) is 11.0 Å². The van der Waals surface area contributed by atoms with Crippen LogP contribution in [0, 0.1) is 0 Å². The van der Waals surface area contributed by atoms with Crippen LogP contribution in [0.3, 0.4) is 0 Å². The summed E-state index contributed by atoms with van der Waals surface area (Å²) in [7, 11) is 0. The summed E-state index contributed by atoms with van der Waals surface area (Å²) in [5.74, 6) is 1.87. The first kappa shape index (κ1) is 31.9. The van der Waals surface area contributed by atoms with Crippen molar-refractivity contribution in [3.63, 3.8) is 0 Å². The standard InChI is InChI=1S/C51H32N4O/c1-4-13-33(14-5-1)34-23-25-35(26-24-34)38-19-12-20-40(29-38)55-45-22-11-10-21-41(45)42-32-48-44(31-46(42)55)43-30-39(27-28-47(43)56-48)51-53-49(36-15-6-2-7-16-36)52-50(54-51)37-17-8-3-9-18-37/h1-32H. The first-order chi connectivity index (χ1) is 27.7. The van der Waals surface area contributed by atoms with Crippen LogP contribution in [0.5, 0.6) is 0 Å². The number of aromatic nitrogens is 4. The molecule has 0 aliphatic heterocycles. The second-order valence-corrected chi connectivity index (χ2v) is 14.1. The lowest BCUT2D eigenvalue weighted by Gasteiger charge is -2.11. The fourth-order valence-corrected chi connectivity index (χ4v) is 7.90. The highest BCUT2D eigenvalue weighted by Gasteiger charge is 2.19. The average Bonchev–Trinajstić information content (AvgIpc) is 3.80. The number of hydrogen-bond donors (Lipinski definition) is 0. The lowest BCUT2D eigenvalue weighted by molar-refractivity contribution is 0.669. The van der Waals surface area contributed by atoms with E-state index in [1.807, 2.05) is 72.8 Å². The molecule has 11 rings (SSSR count). The van der Waals surface area contributed by atoms with Crippen molar-refractivity contribution >= 4 is 43.7 Å². The van der Waals surface area contributed by atoms with Crippen LogP contribution in [0.4, 0.5) is 0 Å². The number of furan rings is 1. The van der Waals surface area contributed by atoms with Gasteiger partial charge in [-0.05, 0) is 70.8 Å². The zero-order chi connectivity index (χ0) is 37.0. The van der Waals surface area contributed by atoms with Crippen molar-refractivity contribution in [2.75, 3.05) is 0 Å². The number of nitrogens with zero attached hydrogens (tertiary/aromatic N) is 4. The van der Waals surface area contributed by atoms with Crippen LogP contribution in [0.2, 0.25) is 0 Å². The van der Waals surface area contributed by atoms with Gasteiger partial charge in [-0.1, -0.05) is 146 Å². The Labute approximate surface area is 322 Å². The molecule has 5 nitrogen and oxygen atoms in total. The highest BCUT2D eigenvalue weighted by Crippen LogP contribution is 2.40. The van der Waals surface area contributed by atoms with E-state index in [0.29, 0.717) is 17.5 Å². The fourth-order valence-electron chi connectivity index (χ4n) is 7.90. The van der Waals surface area contributed by atoms with E-state index in [-0.39, 0.29) is 0 Å². The zero-order valence-electron chi connectivity index (χ0n) is 30.2. The van der Waals surface area contributed by atoms with Gasteiger partial charge in [0.1, 0.15) is 11.2 Å². The molecular formula is C51H32N4O. The second-order valence-electron chi connectivity index (χ2n) is 14.1. The molecule has 3 aromatic heterocycles. The molecule has 0 atom stereocenters. The van der Waals surface area contributed by atoms with Crippen molar-refractivity contribution in [3.05, 3.63) is 194 Å². The average molecular weight is 717 g/mol. The van der Waals surface area contributed by atoms with Gasteiger partial charge in [0.25, 0.3) is 0 Å². The molecule has 0 spiro atoms. The first-order valence-electron chi connectivity index (χ1n) is 18.8. The molecule has 11 aromatic rings. The van der Waals surface area contributed by atoms with E-state index in [1.165, 1.54) is 22.1 Å². The molecule has 262 valence electrons. The van der Waals surface area contributed by atoms with Crippen molar-refractivity contribution in [3.8, 4) is 62.1 Å². The van der Waals surface area contributed by atoms with Gasteiger partial charge in [0, 0.05) is 43.9 Å². The maximum atomic E-state index is 6.56. The smallest absolute Gasteiger partial charge is 0.164 e. The Bertz CT molecular complexity index is 3160. The molecule has 5 heteroatoms. The predicted octanol–water partition coefficient (Wildman–Crippen LogP) is 13.2. The van der Waals surface area contributed by atoms with Crippen LogP contribution in [-0.4, -0.2) is 19.5 Å². The molecule has 3 heterocycles. The third kappa shape index (κ3) is 5.45. The number of rotatable bonds is 6. The summed E-state index contributed by atoms with van der Waals surface area (Å²) in [6.07, 6.45) is 0. The van der Waals surface area contributed by atoms with E-state index in [4.69, 9.17) is 19.4 Å². The van der Waals surface area contributed by atoms with Crippen molar-refractivity contribution in [2.45, 2.75) is 0 Å². The van der Waals surface area contributed by atoms with Crippen LogP contribution in [0.15, 0.2) is 199 Å². The number of fused-ring (bicyclic) bond motifs is 6. The fraction of sp³-hybridized carbons (Fsp3) is 0. The van der Waals surface area contributed by atoms with Crippen molar-refractivity contribution in [1.82, 2.24) is 19.5 Å². The van der Waals surface area contributed by atoms with E-state index < -0.39 is 0 Å². The Balaban J connectivity index is 1.06. The summed E-state index contributed by atoms with van der Waals surface area (Å²) in [4.78, 5) is 14.9. The van der Waals surface area contributed by atoms with Crippen LogP contribution in [0.25, 0.3) is 106 Å². The van der Waals surface area contributed by atoms with Gasteiger partial charge in [-0.3, -0.25) is 0 Å². The lowest BCUT2D eigenvalue weighted by Crippen LogP contribution is -2.00. The molecule has 0 unspecified atom stereocenters. The predicted molar refractivity (Wildman–Crippen MR) is 229 cm³/mol. The van der Waals surface area contributed by atoms with Gasteiger partial charge in [-0.15, -0.1) is 0 Å². The van der Waals surface area contributed by atoms with Gasteiger partial charge >= 0.3 is 0 Å². The highest BCUT2D eigenvalue weighted by molar-refractivity contribution is 6.17. The zero-order valence-corrected chi connectivity index (χ0v) is 30.2. The Morgan fingerprint density at radius 1 is 0.304 bits per heavy atom. The van der Waals surface area contributed by atoms with Gasteiger partial charge in [-0.25, -0.2) is 15.0 Å². The molecule has 8 aromatic carbocycles. The maximum absolute atomic E-state index is 6.56. The molecule has 0 amide bonds. The van der Waals surface area contributed by atoms with Crippen molar-refractivity contribution in [1.29, 1.82) is 0 Å². The molecule has 0 aliphatic rings. The summed E-state index contributed by atoms with van der Waals surface area (Å²) in [5, 5.41) is 4.36. The van der Waals surface area contributed by atoms with Crippen LogP contribution in [-0.2, 0) is 0 Å². The SMILES string of the molecule is c1ccc(-c2ccc(-c3cccc(-n4c5ccccc5c5cc6oc7ccc(-c8nc(-c9ccccc9)nc(-c9ccccc9)n8)cc7c6cc54)c3)cc2)cc1. The molecule has 0 aliphatic carbocycles. The summed E-state index contributed by atoms with van der Waals surface area (Å²) in [5.41, 5.74) is 12.5. The Morgan fingerprint density at radius 3 is 1.50 bits per heavy atom. The van der Waals surface area contributed by atoms with Gasteiger partial charge in [0.15, 0.2) is 17.5 Å². The van der Waals surface area contributed by atoms with Crippen molar-refractivity contribution < 1.29 is 4.42 Å². The lowest BCUT2D eigenvalue weighted by atomic mass is 10.00. The second kappa shape index (κ2) is 13.0. The van der Waals surface area contributed by atoms with Crippen LogP contribution < -0.4 is 0 Å². The first-order valence-corrected chi connectivity index (χ1v) is 18.8. The van der Waals surface area contributed by atoms with E-state index in [1.54, 1.807) is 0 Å². The molecule has 56 heavy (non-hydrogen) atoms. The van der Waals surface area contributed by atoms with Crippen molar-refractivity contribution in [2.24, 2.45) is 0 Å². The van der Waals surface area contributed by atoms with Crippen LogP contribution >= 0.6 is 0 Å². The largest absolute Gasteiger partial charge is 0.456 e. The molecule has 0 saturated carbocycles. The molecule has 0 N–H and O–H groups in total. The van der Waals surface area contributed by atoms with Gasteiger partial charge < -0.3 is 8.98 Å². The number of hydrogen-bond acceptors (Lipinski definition) is 4. The summed E-state index contributed by atoms with van der Waals surface area (Å²) in [6.45, 7) is 0. The van der Waals surface area contributed by atoms with E-state index >= 15 is 0 Å². The topological polar surface area (TPSA) is 56.7 Å². The monoisotopic (exact) mass is 716 g/mol. The molecular weight excluding hydrogens is 685 g/mol. The Kier molecular flexibility index (Phi) is 7.42. The summed E-state index contributed by atoms with van der Waals surface area (Å²) >= 11 is 0. The number of para-hydroxylation sites is 1. The van der Waals surface area contributed by atoms with Gasteiger partial charge in [-0.2, -0.15) is 0 Å². The molecule has 0 bridgehead atoms. The third-order valence-corrected chi connectivity index (χ3v) is 10.7. The normalized spacial score (nSPS) is 11.6. The quantitative estimate of drug-likeness (QED) is 0.172. The summed E-state index contributed by atoms with van der Waals surface area (Å²) in [6, 6.07) is 67.6. The molecule has 0 radical (unpaired) electrons. The Hall–Kier alpha value is -7.63. The van der Waals surface area contributed by atoms with E-state index in [0.717, 1.165) is 66.3 Å². The minimum absolute atomic E-state index is 0.609. The molecule has 0 saturated heterocycles. The number of benzene rings is 8.